The Hall–Kier alpha value is -2.93. The molecule has 2 N–H and O–H groups in total. The fourth-order valence-corrected chi connectivity index (χ4v) is 4.25. The van der Waals surface area contributed by atoms with Crippen LogP contribution in [0.4, 0.5) is 14.9 Å². The predicted octanol–water partition coefficient (Wildman–Crippen LogP) is 1.35. The van der Waals surface area contributed by atoms with Crippen LogP contribution in [-0.2, 0) is 10.3 Å². The Bertz CT molecular complexity index is 881. The zero-order valence-corrected chi connectivity index (χ0v) is 16.5. The summed E-state index contributed by atoms with van der Waals surface area (Å²) in [7, 11) is 0. The number of halogens is 1. The van der Waals surface area contributed by atoms with Crippen molar-refractivity contribution in [3.63, 3.8) is 0 Å². The Morgan fingerprint density at radius 2 is 1.69 bits per heavy atom. The van der Waals surface area contributed by atoms with Gasteiger partial charge in [0.1, 0.15) is 11.4 Å². The van der Waals surface area contributed by atoms with Crippen molar-refractivity contribution >= 4 is 17.6 Å². The number of carbonyl (C=O) groups is 2. The summed E-state index contributed by atoms with van der Waals surface area (Å²) in [5, 5.41) is 2.94. The number of imide groups is 1. The van der Waals surface area contributed by atoms with Gasteiger partial charge in [-0.2, -0.15) is 0 Å². The van der Waals surface area contributed by atoms with Crippen LogP contribution in [0.2, 0.25) is 0 Å². The van der Waals surface area contributed by atoms with Crippen LogP contribution in [0, 0.1) is 5.82 Å². The van der Waals surface area contributed by atoms with Gasteiger partial charge in [-0.3, -0.25) is 4.79 Å². The van der Waals surface area contributed by atoms with Crippen molar-refractivity contribution in [1.82, 2.24) is 10.2 Å². The van der Waals surface area contributed by atoms with Gasteiger partial charge in [-0.1, -0.05) is 37.3 Å². The maximum absolute atomic E-state index is 13.2. The highest BCUT2D eigenvalue weighted by Crippen LogP contribution is 2.31. The van der Waals surface area contributed by atoms with Crippen molar-refractivity contribution in [3.05, 3.63) is 66.0 Å². The number of amides is 3. The van der Waals surface area contributed by atoms with Crippen LogP contribution in [0.3, 0.4) is 0 Å². The van der Waals surface area contributed by atoms with Crippen molar-refractivity contribution in [3.8, 4) is 0 Å². The quantitative estimate of drug-likeness (QED) is 0.749. The van der Waals surface area contributed by atoms with Crippen molar-refractivity contribution in [2.45, 2.75) is 18.9 Å². The number of anilines is 1. The molecule has 2 aromatic carbocycles. The van der Waals surface area contributed by atoms with Crippen LogP contribution < -0.4 is 15.1 Å². The first kappa shape index (κ1) is 19.4. The monoisotopic (exact) mass is 397 g/mol. The maximum Gasteiger partial charge on any atom is 0.329 e. The number of benzene rings is 2. The van der Waals surface area contributed by atoms with Gasteiger partial charge in [0.05, 0.1) is 26.2 Å². The van der Waals surface area contributed by atoms with E-state index in [1.807, 2.05) is 37.3 Å². The third kappa shape index (κ3) is 3.58. The molecule has 0 radical (unpaired) electrons. The molecule has 0 saturated carbocycles. The second kappa shape index (κ2) is 7.83. The number of quaternary nitrogens is 1. The number of urea groups is 1. The lowest BCUT2D eigenvalue weighted by Gasteiger charge is -2.34. The van der Waals surface area contributed by atoms with E-state index in [-0.39, 0.29) is 17.8 Å². The molecule has 0 aromatic heterocycles. The van der Waals surface area contributed by atoms with E-state index >= 15 is 0 Å². The van der Waals surface area contributed by atoms with E-state index in [1.54, 1.807) is 12.1 Å². The summed E-state index contributed by atoms with van der Waals surface area (Å²) in [5.74, 6) is -0.418. The molecule has 0 aliphatic carbocycles. The number of hydrogen-bond donors (Lipinski definition) is 2. The minimum atomic E-state index is -0.978. The predicted molar refractivity (Wildman–Crippen MR) is 108 cm³/mol. The van der Waals surface area contributed by atoms with Gasteiger partial charge in [-0.15, -0.1) is 0 Å². The summed E-state index contributed by atoms with van der Waals surface area (Å²) in [6, 6.07) is 15.6. The summed E-state index contributed by atoms with van der Waals surface area (Å²) in [5.41, 5.74) is 0.835. The first-order valence-corrected chi connectivity index (χ1v) is 10.1. The smallest absolute Gasteiger partial charge is 0.329 e. The minimum Gasteiger partial charge on any atom is -0.360 e. The molecule has 6 nitrogen and oxygen atoms in total. The Morgan fingerprint density at radius 1 is 1.03 bits per heavy atom. The van der Waals surface area contributed by atoms with Gasteiger partial charge in [0.25, 0.3) is 5.91 Å². The van der Waals surface area contributed by atoms with Crippen molar-refractivity contribution < 1.29 is 18.9 Å². The van der Waals surface area contributed by atoms with E-state index in [1.165, 1.54) is 21.9 Å². The fraction of sp³-hybridized carbons (Fsp3) is 0.364. The zero-order valence-electron chi connectivity index (χ0n) is 16.5. The molecule has 2 saturated heterocycles. The van der Waals surface area contributed by atoms with Crippen LogP contribution in [0.1, 0.15) is 18.9 Å². The van der Waals surface area contributed by atoms with Gasteiger partial charge in [0.2, 0.25) is 0 Å². The lowest BCUT2D eigenvalue weighted by atomic mass is 9.87. The number of rotatable bonds is 5. The van der Waals surface area contributed by atoms with E-state index in [2.05, 4.69) is 10.2 Å². The van der Waals surface area contributed by atoms with Crippen molar-refractivity contribution in [2.24, 2.45) is 0 Å². The molecule has 4 rings (SSSR count). The molecule has 2 fully saturated rings. The minimum absolute atomic E-state index is 0.176. The molecular weight excluding hydrogens is 371 g/mol. The van der Waals surface area contributed by atoms with Gasteiger partial charge in [0, 0.05) is 5.69 Å². The van der Waals surface area contributed by atoms with Gasteiger partial charge >= 0.3 is 6.03 Å². The fourth-order valence-electron chi connectivity index (χ4n) is 4.25. The highest BCUT2D eigenvalue weighted by atomic mass is 19.1. The molecule has 0 unspecified atom stereocenters. The topological polar surface area (TPSA) is 57.1 Å². The third-order valence-electron chi connectivity index (χ3n) is 6.02. The number of nitrogens with one attached hydrogen (secondary N) is 2. The lowest BCUT2D eigenvalue weighted by molar-refractivity contribution is -0.907. The maximum atomic E-state index is 13.2. The van der Waals surface area contributed by atoms with Gasteiger partial charge < -0.3 is 15.1 Å². The first-order chi connectivity index (χ1) is 14.0. The normalized spacial score (nSPS) is 22.8. The number of hydrogen-bond acceptors (Lipinski definition) is 3. The van der Waals surface area contributed by atoms with Crippen LogP contribution >= 0.6 is 0 Å². The molecule has 3 amide bonds. The van der Waals surface area contributed by atoms with Crippen LogP contribution in [0.25, 0.3) is 0 Å². The Kier molecular flexibility index (Phi) is 5.24. The Labute approximate surface area is 169 Å². The average molecular weight is 397 g/mol. The van der Waals surface area contributed by atoms with E-state index in [0.29, 0.717) is 13.1 Å². The highest BCUT2D eigenvalue weighted by molar-refractivity contribution is 6.07. The molecule has 2 heterocycles. The molecule has 0 spiro atoms. The molecule has 1 atom stereocenters. The molecule has 152 valence electrons. The Balaban J connectivity index is 1.42. The third-order valence-corrected chi connectivity index (χ3v) is 6.02. The summed E-state index contributed by atoms with van der Waals surface area (Å²) < 4.78 is 13.1. The van der Waals surface area contributed by atoms with Crippen molar-refractivity contribution in [1.29, 1.82) is 0 Å². The zero-order chi connectivity index (χ0) is 20.4. The van der Waals surface area contributed by atoms with Crippen LogP contribution in [-0.4, -0.2) is 49.7 Å². The molecule has 7 heteroatoms. The standard InChI is InChI=1S/C22H25FN4O2/c1-2-22(17-6-4-3-5-7-17)20(28)27(21(29)24-22)16-25-12-14-26(15-13-25)19-10-8-18(23)9-11-19/h3-11H,2,12-16H2,1H3,(H,24,29)/p+1/t22-/m0/s1. The van der Waals surface area contributed by atoms with E-state index in [4.69, 9.17) is 0 Å². The second-order valence-electron chi connectivity index (χ2n) is 7.66. The second-order valence-corrected chi connectivity index (χ2v) is 7.66. The number of nitrogens with zero attached hydrogens (tertiary/aromatic N) is 2. The molecular formula is C22H26FN4O2+. The van der Waals surface area contributed by atoms with E-state index in [9.17, 15) is 14.0 Å². The van der Waals surface area contributed by atoms with Crippen molar-refractivity contribution in [2.75, 3.05) is 37.7 Å². The molecule has 2 aliphatic rings. The van der Waals surface area contributed by atoms with Gasteiger partial charge in [-0.05, 0) is 36.2 Å². The van der Waals surface area contributed by atoms with Gasteiger partial charge in [-0.25, -0.2) is 14.1 Å². The summed E-state index contributed by atoms with van der Waals surface area (Å²) in [4.78, 5) is 30.7. The number of piperazine rings is 1. The summed E-state index contributed by atoms with van der Waals surface area (Å²) >= 11 is 0. The Morgan fingerprint density at radius 3 is 2.31 bits per heavy atom. The SMILES string of the molecule is CC[C@@]1(c2ccccc2)NC(=O)N(C[NH+]2CCN(c3ccc(F)cc3)CC2)C1=O. The molecule has 2 aromatic rings. The van der Waals surface area contributed by atoms with Gasteiger partial charge in [0.15, 0.2) is 6.67 Å². The molecule has 29 heavy (non-hydrogen) atoms. The average Bonchev–Trinajstić information content (AvgIpc) is 3.01. The van der Waals surface area contributed by atoms with Crippen LogP contribution in [0.15, 0.2) is 54.6 Å². The summed E-state index contributed by atoms with van der Waals surface area (Å²) in [6.07, 6.45) is 0.506. The largest absolute Gasteiger partial charge is 0.360 e. The van der Waals surface area contributed by atoms with E-state index in [0.717, 1.165) is 37.4 Å². The molecule has 0 bridgehead atoms. The molecule has 2 aliphatic heterocycles. The van der Waals surface area contributed by atoms with Crippen LogP contribution in [0.5, 0.6) is 0 Å². The number of carbonyl (C=O) groups excluding carboxylic acids is 2. The first-order valence-electron chi connectivity index (χ1n) is 10.1. The highest BCUT2D eigenvalue weighted by Gasteiger charge is 2.52. The summed E-state index contributed by atoms with van der Waals surface area (Å²) in [6.45, 7) is 5.47. The lowest BCUT2D eigenvalue weighted by Crippen LogP contribution is -3.16. The van der Waals surface area contributed by atoms with E-state index < -0.39 is 5.54 Å².